The van der Waals surface area contributed by atoms with Gasteiger partial charge in [-0.2, -0.15) is 0 Å². The molecule has 34 heavy (non-hydrogen) atoms. The second kappa shape index (κ2) is 8.10. The number of nitro groups is 1. The minimum absolute atomic E-state index is 0.0417. The third-order valence-corrected chi connectivity index (χ3v) is 6.11. The summed E-state index contributed by atoms with van der Waals surface area (Å²) >= 11 is 0. The molecule has 10 nitrogen and oxygen atoms in total. The number of rotatable bonds is 4. The fourth-order valence-corrected chi connectivity index (χ4v) is 4.39. The molecule has 0 atom stereocenters. The van der Waals surface area contributed by atoms with Gasteiger partial charge in [-0.1, -0.05) is 0 Å². The standard InChI is InChI=1S/C23H21FN4O6/c1-3-33-23(30)15-12-27-17-5-4-13(28(31)32)10-18(17)34-22-19(27)14(21(15)29)11-16(24)20(22)26-8-6-25(2)7-9-26/h4-5,10-12H,3,6-9H2,1-2H3. The molecule has 3 heterocycles. The van der Waals surface area contributed by atoms with Crippen LogP contribution in [-0.4, -0.2) is 60.2 Å². The van der Waals surface area contributed by atoms with Gasteiger partial charge in [-0.15, -0.1) is 0 Å². The molecule has 0 saturated carbocycles. The van der Waals surface area contributed by atoms with E-state index in [0.29, 0.717) is 31.9 Å². The van der Waals surface area contributed by atoms with E-state index in [1.807, 2.05) is 11.9 Å². The number of halogens is 1. The van der Waals surface area contributed by atoms with Crippen LogP contribution < -0.4 is 15.1 Å². The largest absolute Gasteiger partial charge is 0.462 e. The van der Waals surface area contributed by atoms with Crippen molar-refractivity contribution < 1.29 is 23.6 Å². The minimum Gasteiger partial charge on any atom is -0.462 e. The van der Waals surface area contributed by atoms with Crippen LogP contribution in [0.3, 0.4) is 0 Å². The number of piperazine rings is 1. The van der Waals surface area contributed by atoms with E-state index in [1.54, 1.807) is 11.5 Å². The van der Waals surface area contributed by atoms with Crippen LogP contribution in [0, 0.1) is 15.9 Å². The van der Waals surface area contributed by atoms with Gasteiger partial charge in [-0.05, 0) is 26.1 Å². The molecule has 1 fully saturated rings. The summed E-state index contributed by atoms with van der Waals surface area (Å²) in [6.45, 7) is 4.14. The molecular formula is C23H21FN4O6. The van der Waals surface area contributed by atoms with Crippen LogP contribution in [0.5, 0.6) is 11.5 Å². The number of esters is 1. The van der Waals surface area contributed by atoms with Gasteiger partial charge in [0.1, 0.15) is 16.8 Å². The van der Waals surface area contributed by atoms with Gasteiger partial charge in [0.25, 0.3) is 5.69 Å². The Morgan fingerprint density at radius 1 is 1.24 bits per heavy atom. The van der Waals surface area contributed by atoms with E-state index in [-0.39, 0.29) is 45.9 Å². The summed E-state index contributed by atoms with van der Waals surface area (Å²) in [5.74, 6) is -1.31. The third kappa shape index (κ3) is 3.36. The predicted octanol–water partition coefficient (Wildman–Crippen LogP) is 3.07. The molecule has 2 aliphatic heterocycles. The Bertz CT molecular complexity index is 1410. The minimum atomic E-state index is -0.835. The van der Waals surface area contributed by atoms with E-state index in [0.717, 1.165) is 6.07 Å². The van der Waals surface area contributed by atoms with Crippen LogP contribution in [-0.2, 0) is 4.74 Å². The van der Waals surface area contributed by atoms with Crippen LogP contribution in [0.25, 0.3) is 16.6 Å². The second-order valence-corrected chi connectivity index (χ2v) is 8.20. The molecule has 0 amide bonds. The van der Waals surface area contributed by atoms with E-state index in [4.69, 9.17) is 9.47 Å². The molecule has 5 rings (SSSR count). The number of hydrogen-bond acceptors (Lipinski definition) is 8. The second-order valence-electron chi connectivity index (χ2n) is 8.20. The Labute approximate surface area is 192 Å². The van der Waals surface area contributed by atoms with Gasteiger partial charge in [0.05, 0.1) is 28.7 Å². The molecule has 2 aliphatic rings. The van der Waals surface area contributed by atoms with Crippen molar-refractivity contribution in [1.82, 2.24) is 9.47 Å². The Balaban J connectivity index is 1.82. The van der Waals surface area contributed by atoms with Gasteiger partial charge >= 0.3 is 5.97 Å². The highest BCUT2D eigenvalue weighted by Gasteiger charge is 2.32. The zero-order valence-corrected chi connectivity index (χ0v) is 18.5. The van der Waals surface area contributed by atoms with Gasteiger partial charge in [0, 0.05) is 38.4 Å². The molecule has 11 heteroatoms. The molecule has 2 aromatic carbocycles. The zero-order valence-electron chi connectivity index (χ0n) is 18.5. The topological polar surface area (TPSA) is 107 Å². The number of pyridine rings is 1. The lowest BCUT2D eigenvalue weighted by molar-refractivity contribution is -0.384. The fraction of sp³-hybridized carbons (Fsp3) is 0.304. The maximum absolute atomic E-state index is 15.5. The Hall–Kier alpha value is -3.99. The van der Waals surface area contributed by atoms with Gasteiger partial charge in [0.15, 0.2) is 17.3 Å². The number of nitro benzene ring substituents is 1. The first-order chi connectivity index (χ1) is 16.3. The molecular weight excluding hydrogens is 447 g/mol. The number of non-ortho nitro benzene ring substituents is 1. The smallest absolute Gasteiger partial charge is 0.343 e. The van der Waals surface area contributed by atoms with Crippen molar-refractivity contribution in [3.8, 4) is 17.2 Å². The average Bonchev–Trinajstić information content (AvgIpc) is 2.81. The number of likely N-dealkylation sites (N-methyl/N-ethyl adjacent to an activating group) is 1. The predicted molar refractivity (Wildman–Crippen MR) is 122 cm³/mol. The van der Waals surface area contributed by atoms with Crippen LogP contribution >= 0.6 is 0 Å². The van der Waals surface area contributed by atoms with Crippen molar-refractivity contribution in [3.05, 3.63) is 62.2 Å². The lowest BCUT2D eigenvalue weighted by Gasteiger charge is -2.36. The van der Waals surface area contributed by atoms with Crippen molar-refractivity contribution in [2.24, 2.45) is 0 Å². The summed E-state index contributed by atoms with van der Waals surface area (Å²) in [5.41, 5.74) is -0.307. The van der Waals surface area contributed by atoms with Crippen LogP contribution in [0.4, 0.5) is 15.8 Å². The van der Waals surface area contributed by atoms with Gasteiger partial charge in [-0.25, -0.2) is 9.18 Å². The molecule has 0 N–H and O–H groups in total. The van der Waals surface area contributed by atoms with E-state index in [1.165, 1.54) is 24.4 Å². The maximum Gasteiger partial charge on any atom is 0.343 e. The van der Waals surface area contributed by atoms with E-state index >= 15 is 4.39 Å². The molecule has 1 saturated heterocycles. The highest BCUT2D eigenvalue weighted by molar-refractivity contribution is 5.99. The van der Waals surface area contributed by atoms with Crippen molar-refractivity contribution in [1.29, 1.82) is 0 Å². The van der Waals surface area contributed by atoms with Crippen molar-refractivity contribution in [2.45, 2.75) is 6.92 Å². The summed E-state index contributed by atoms with van der Waals surface area (Å²) in [6.07, 6.45) is 1.32. The highest BCUT2D eigenvalue weighted by atomic mass is 19.1. The summed E-state index contributed by atoms with van der Waals surface area (Å²) in [6, 6.07) is 5.12. The number of aromatic nitrogens is 1. The third-order valence-electron chi connectivity index (χ3n) is 6.11. The quantitative estimate of drug-likeness (QED) is 0.256. The van der Waals surface area contributed by atoms with E-state index in [9.17, 15) is 19.7 Å². The number of fused-ring (bicyclic) bond motifs is 2. The molecule has 176 valence electrons. The molecule has 0 unspecified atom stereocenters. The first kappa shape index (κ1) is 21.8. The number of hydrogen-bond donors (Lipinski definition) is 0. The molecule has 0 bridgehead atoms. The Morgan fingerprint density at radius 2 is 1.97 bits per heavy atom. The van der Waals surface area contributed by atoms with Crippen LogP contribution in [0.1, 0.15) is 17.3 Å². The van der Waals surface area contributed by atoms with E-state index in [2.05, 4.69) is 4.90 Å². The summed E-state index contributed by atoms with van der Waals surface area (Å²) in [7, 11) is 1.97. The van der Waals surface area contributed by atoms with Gasteiger partial charge in [0.2, 0.25) is 5.43 Å². The monoisotopic (exact) mass is 468 g/mol. The lowest BCUT2D eigenvalue weighted by atomic mass is 10.1. The molecule has 0 spiro atoms. The average molecular weight is 468 g/mol. The van der Waals surface area contributed by atoms with Gasteiger partial charge in [-0.3, -0.25) is 14.9 Å². The number of carbonyl (C=O) groups is 1. The maximum atomic E-state index is 15.5. The number of nitrogens with zero attached hydrogens (tertiary/aromatic N) is 4. The van der Waals surface area contributed by atoms with Crippen LogP contribution in [0.2, 0.25) is 0 Å². The molecule has 3 aromatic rings. The normalized spacial score (nSPS) is 15.1. The number of carbonyl (C=O) groups excluding carboxylic acids is 1. The SMILES string of the molecule is CCOC(=O)c1cn2c3c(c(N4CCN(C)CC4)c(F)cc3c1=O)Oc1cc([N+](=O)[O-])ccc1-2. The first-order valence-electron chi connectivity index (χ1n) is 10.8. The molecule has 0 radical (unpaired) electrons. The molecule has 1 aromatic heterocycles. The Kier molecular flexibility index (Phi) is 5.20. The van der Waals surface area contributed by atoms with Crippen LogP contribution in [0.15, 0.2) is 35.3 Å². The summed E-state index contributed by atoms with van der Waals surface area (Å²) < 4.78 is 28.2. The van der Waals surface area contributed by atoms with Crippen molar-refractivity contribution >= 4 is 28.2 Å². The number of anilines is 1. The Morgan fingerprint density at radius 3 is 2.65 bits per heavy atom. The molecule has 0 aliphatic carbocycles. The summed E-state index contributed by atoms with van der Waals surface area (Å²) in [4.78, 5) is 40.4. The van der Waals surface area contributed by atoms with Crippen molar-refractivity contribution in [2.75, 3.05) is 44.7 Å². The van der Waals surface area contributed by atoms with Crippen molar-refractivity contribution in [3.63, 3.8) is 0 Å². The first-order valence-corrected chi connectivity index (χ1v) is 10.8. The highest BCUT2D eigenvalue weighted by Crippen LogP contribution is 2.47. The zero-order chi connectivity index (χ0) is 24.1. The fourth-order valence-electron chi connectivity index (χ4n) is 4.39. The number of ether oxygens (including phenoxy) is 2. The van der Waals surface area contributed by atoms with E-state index < -0.39 is 22.1 Å². The summed E-state index contributed by atoms with van der Waals surface area (Å²) in [5, 5.41) is 11.3. The van der Waals surface area contributed by atoms with Gasteiger partial charge < -0.3 is 23.8 Å². The number of benzene rings is 2. The lowest BCUT2D eigenvalue weighted by Crippen LogP contribution is -2.45.